The van der Waals surface area contributed by atoms with Crippen molar-refractivity contribution in [3.63, 3.8) is 0 Å². The third kappa shape index (κ3) is 2.42. The van der Waals surface area contributed by atoms with E-state index in [-0.39, 0.29) is 0 Å². The highest BCUT2D eigenvalue weighted by Crippen LogP contribution is 2.24. The second kappa shape index (κ2) is 5.41. The van der Waals surface area contributed by atoms with Crippen LogP contribution in [0.3, 0.4) is 0 Å². The maximum atomic E-state index is 5.37. The minimum atomic E-state index is 0.979. The lowest BCUT2D eigenvalue weighted by atomic mass is 10.2. The van der Waals surface area contributed by atoms with Crippen molar-refractivity contribution in [1.29, 1.82) is 0 Å². The van der Waals surface area contributed by atoms with Gasteiger partial charge < -0.3 is 4.57 Å². The monoisotopic (exact) mass is 249 g/mol. The number of nitrogens with zero attached hydrogens (tertiary/aromatic N) is 1. The highest BCUT2D eigenvalue weighted by atomic mass is 32.1. The van der Waals surface area contributed by atoms with E-state index in [9.17, 15) is 0 Å². The van der Waals surface area contributed by atoms with E-state index in [2.05, 4.69) is 41.1 Å². The van der Waals surface area contributed by atoms with Crippen molar-refractivity contribution in [1.82, 2.24) is 4.57 Å². The molecule has 0 saturated carbocycles. The summed E-state index contributed by atoms with van der Waals surface area (Å²) < 4.78 is 3.23. The number of benzene rings is 1. The van der Waals surface area contributed by atoms with Gasteiger partial charge in [-0.2, -0.15) is 0 Å². The van der Waals surface area contributed by atoms with Crippen molar-refractivity contribution in [3.05, 3.63) is 39.7 Å². The van der Waals surface area contributed by atoms with Crippen molar-refractivity contribution in [2.45, 2.75) is 26.3 Å². The Morgan fingerprint density at radius 2 is 2.00 bits per heavy atom. The molecule has 0 fully saturated rings. The zero-order chi connectivity index (χ0) is 11.4. The van der Waals surface area contributed by atoms with Crippen LogP contribution in [0.1, 0.15) is 19.8 Å². The van der Waals surface area contributed by atoms with Gasteiger partial charge in [0.2, 0.25) is 0 Å². The highest BCUT2D eigenvalue weighted by Gasteiger charge is 2.05. The molecule has 0 aliphatic heterocycles. The third-order valence-corrected chi connectivity index (χ3v) is 3.86. The second-order valence-corrected chi connectivity index (χ2v) is 5.26. The second-order valence-electron chi connectivity index (χ2n) is 3.76. The van der Waals surface area contributed by atoms with Crippen LogP contribution in [0.15, 0.2) is 35.7 Å². The summed E-state index contributed by atoms with van der Waals surface area (Å²) in [6.07, 6.45) is 2.39. The SMILES string of the molecule is CCCCn1c(-c2ccccc2)csc1=S. The lowest BCUT2D eigenvalue weighted by molar-refractivity contribution is 0.637. The summed E-state index contributed by atoms with van der Waals surface area (Å²) in [6, 6.07) is 10.5. The molecule has 0 saturated heterocycles. The minimum Gasteiger partial charge on any atom is -0.323 e. The van der Waals surface area contributed by atoms with Gasteiger partial charge in [-0.1, -0.05) is 43.7 Å². The molecule has 1 heterocycles. The average Bonchev–Trinajstić information content (AvgIpc) is 2.69. The molecule has 0 bridgehead atoms. The fourth-order valence-corrected chi connectivity index (χ4v) is 2.82. The summed E-state index contributed by atoms with van der Waals surface area (Å²) in [7, 11) is 0. The van der Waals surface area contributed by atoms with Gasteiger partial charge in [-0.25, -0.2) is 0 Å². The van der Waals surface area contributed by atoms with Gasteiger partial charge >= 0.3 is 0 Å². The predicted octanol–water partition coefficient (Wildman–Crippen LogP) is 4.75. The van der Waals surface area contributed by atoms with Crippen LogP contribution in [0.25, 0.3) is 11.3 Å². The lowest BCUT2D eigenvalue weighted by Gasteiger charge is -2.07. The predicted molar refractivity (Wildman–Crippen MR) is 73.5 cm³/mol. The molecule has 16 heavy (non-hydrogen) atoms. The van der Waals surface area contributed by atoms with E-state index < -0.39 is 0 Å². The zero-order valence-corrected chi connectivity index (χ0v) is 11.0. The highest BCUT2D eigenvalue weighted by molar-refractivity contribution is 7.73. The Balaban J connectivity index is 2.38. The zero-order valence-electron chi connectivity index (χ0n) is 9.35. The molecule has 0 aliphatic rings. The fraction of sp³-hybridized carbons (Fsp3) is 0.308. The molecule has 1 nitrogen and oxygen atoms in total. The first-order chi connectivity index (χ1) is 7.83. The first-order valence-corrected chi connectivity index (χ1v) is 6.85. The summed E-state index contributed by atoms with van der Waals surface area (Å²) in [5.41, 5.74) is 2.51. The minimum absolute atomic E-state index is 0.979. The van der Waals surface area contributed by atoms with Gasteiger partial charge in [-0.15, -0.1) is 11.3 Å². The van der Waals surface area contributed by atoms with Gasteiger partial charge in [0, 0.05) is 11.9 Å². The average molecular weight is 249 g/mol. The Morgan fingerprint density at radius 1 is 1.25 bits per heavy atom. The number of aromatic nitrogens is 1. The van der Waals surface area contributed by atoms with E-state index in [0.29, 0.717) is 0 Å². The summed E-state index contributed by atoms with van der Waals surface area (Å²) in [5, 5.41) is 2.16. The smallest absolute Gasteiger partial charge is 0.161 e. The van der Waals surface area contributed by atoms with Crippen LogP contribution in [-0.4, -0.2) is 4.57 Å². The number of rotatable bonds is 4. The summed E-state index contributed by atoms with van der Waals surface area (Å²) in [6.45, 7) is 3.24. The van der Waals surface area contributed by atoms with Crippen LogP contribution >= 0.6 is 23.6 Å². The molecule has 1 aromatic heterocycles. The van der Waals surface area contributed by atoms with Gasteiger partial charge in [0.1, 0.15) is 0 Å². The van der Waals surface area contributed by atoms with Gasteiger partial charge in [0.25, 0.3) is 0 Å². The van der Waals surface area contributed by atoms with Crippen LogP contribution < -0.4 is 0 Å². The van der Waals surface area contributed by atoms with Crippen molar-refractivity contribution in [2.24, 2.45) is 0 Å². The van der Waals surface area contributed by atoms with Crippen molar-refractivity contribution in [3.8, 4) is 11.3 Å². The van der Waals surface area contributed by atoms with Crippen molar-refractivity contribution >= 4 is 23.6 Å². The maximum absolute atomic E-state index is 5.37. The first kappa shape index (κ1) is 11.6. The number of unbranched alkanes of at least 4 members (excludes halogenated alkanes) is 1. The van der Waals surface area contributed by atoms with Crippen LogP contribution in [0.2, 0.25) is 0 Å². The summed E-state index contributed by atoms with van der Waals surface area (Å²) >= 11 is 7.02. The molecule has 0 aliphatic carbocycles. The Morgan fingerprint density at radius 3 is 2.69 bits per heavy atom. The van der Waals surface area contributed by atoms with Crippen LogP contribution in [0.4, 0.5) is 0 Å². The molecule has 2 rings (SSSR count). The van der Waals surface area contributed by atoms with Crippen molar-refractivity contribution in [2.75, 3.05) is 0 Å². The molecule has 0 atom stereocenters. The Kier molecular flexibility index (Phi) is 3.91. The van der Waals surface area contributed by atoms with Gasteiger partial charge in [-0.3, -0.25) is 0 Å². The summed E-state index contributed by atoms with van der Waals surface area (Å²) in [4.78, 5) is 0. The molecule has 84 valence electrons. The van der Waals surface area contributed by atoms with E-state index in [1.807, 2.05) is 6.07 Å². The fourth-order valence-electron chi connectivity index (χ4n) is 1.69. The normalized spacial score (nSPS) is 10.6. The number of thiazole rings is 1. The van der Waals surface area contributed by atoms with E-state index in [4.69, 9.17) is 12.2 Å². The van der Waals surface area contributed by atoms with Crippen molar-refractivity contribution < 1.29 is 0 Å². The van der Waals surface area contributed by atoms with Crippen LogP contribution in [0.5, 0.6) is 0 Å². The molecule has 3 heteroatoms. The molecular formula is C13H15NS2. The Hall–Kier alpha value is -0.930. The molecule has 0 amide bonds. The summed E-state index contributed by atoms with van der Waals surface area (Å²) in [5.74, 6) is 0. The van der Waals surface area contributed by atoms with Crippen LogP contribution in [-0.2, 0) is 6.54 Å². The Labute approximate surface area is 105 Å². The molecule has 0 radical (unpaired) electrons. The quantitative estimate of drug-likeness (QED) is 0.708. The molecule has 1 aromatic carbocycles. The first-order valence-electron chi connectivity index (χ1n) is 5.56. The third-order valence-electron chi connectivity index (χ3n) is 2.59. The van der Waals surface area contributed by atoms with Gasteiger partial charge in [0.05, 0.1) is 5.69 Å². The molecule has 0 spiro atoms. The Bertz CT molecular complexity index is 496. The van der Waals surface area contributed by atoms with Gasteiger partial charge in [0.15, 0.2) is 3.95 Å². The molecular weight excluding hydrogens is 234 g/mol. The van der Waals surface area contributed by atoms with E-state index in [0.717, 1.165) is 10.5 Å². The van der Waals surface area contributed by atoms with E-state index >= 15 is 0 Å². The molecule has 0 unspecified atom stereocenters. The lowest BCUT2D eigenvalue weighted by Crippen LogP contribution is -1.99. The van der Waals surface area contributed by atoms with E-state index in [1.165, 1.54) is 24.1 Å². The number of hydrogen-bond acceptors (Lipinski definition) is 2. The largest absolute Gasteiger partial charge is 0.323 e. The van der Waals surface area contributed by atoms with E-state index in [1.54, 1.807) is 11.3 Å². The van der Waals surface area contributed by atoms with Gasteiger partial charge in [-0.05, 0) is 24.2 Å². The standard InChI is InChI=1S/C13H15NS2/c1-2-3-9-14-12(10-16-13(14)15)11-7-5-4-6-8-11/h4-8,10H,2-3,9H2,1H3. The topological polar surface area (TPSA) is 4.93 Å². The number of hydrogen-bond donors (Lipinski definition) is 0. The molecule has 0 N–H and O–H groups in total. The molecule has 2 aromatic rings. The maximum Gasteiger partial charge on any atom is 0.161 e. The van der Waals surface area contributed by atoms with Crippen LogP contribution in [0, 0.1) is 3.95 Å².